The van der Waals surface area contributed by atoms with Crippen molar-refractivity contribution >= 4 is 11.6 Å². The van der Waals surface area contributed by atoms with Crippen molar-refractivity contribution in [1.29, 1.82) is 0 Å². The normalized spacial score (nSPS) is 8.56. The standard InChI is InChI=1S/C13H19NO.2CH3.Ir/c1-7-8(2)10(4)13(14-12(6)15)11(5)9(7)3;;;/h1-6H3,(H,14,15);2*1H3;/q;2*-1;+3/p-1. The molecule has 0 fully saturated rings. The van der Waals surface area contributed by atoms with Crippen LogP contribution >= 0.6 is 0 Å². The molecule has 1 aromatic rings. The number of benzene rings is 1. The molecule has 0 bridgehead atoms. The summed E-state index contributed by atoms with van der Waals surface area (Å²) in [7, 11) is 0. The Kier molecular flexibility index (Phi) is 10.6. The van der Waals surface area contributed by atoms with Crippen LogP contribution in [0.4, 0.5) is 5.69 Å². The second-order valence-electron chi connectivity index (χ2n) is 4.10. The van der Waals surface area contributed by atoms with Crippen molar-refractivity contribution in [3.8, 4) is 0 Å². The summed E-state index contributed by atoms with van der Waals surface area (Å²) in [6, 6.07) is 0. The second kappa shape index (κ2) is 8.44. The first-order chi connectivity index (χ1) is 6.86. The van der Waals surface area contributed by atoms with Crippen LogP contribution in [0.3, 0.4) is 0 Å². The fraction of sp³-hybridized carbons (Fsp3) is 0.400. The minimum Gasteiger partial charge on any atom is -0.627 e. The van der Waals surface area contributed by atoms with Crippen LogP contribution in [0.25, 0.3) is 5.32 Å². The van der Waals surface area contributed by atoms with Crippen LogP contribution in [0.5, 0.6) is 0 Å². The van der Waals surface area contributed by atoms with Gasteiger partial charge >= 0.3 is 20.1 Å². The number of carbonyl (C=O) groups excluding carboxylic acids is 1. The molecule has 1 aromatic carbocycles. The Hall–Kier alpha value is -0.661. The van der Waals surface area contributed by atoms with Crippen molar-refractivity contribution in [1.82, 2.24) is 0 Å². The van der Waals surface area contributed by atoms with Gasteiger partial charge in [0.2, 0.25) is 0 Å². The summed E-state index contributed by atoms with van der Waals surface area (Å²) in [4.78, 5) is 11.1. The van der Waals surface area contributed by atoms with Gasteiger partial charge in [0.15, 0.2) is 0 Å². The molecule has 0 aliphatic carbocycles. The van der Waals surface area contributed by atoms with E-state index in [9.17, 15) is 4.79 Å². The third-order valence-electron chi connectivity index (χ3n) is 3.23. The summed E-state index contributed by atoms with van der Waals surface area (Å²) in [6.45, 7) is 11.8. The summed E-state index contributed by atoms with van der Waals surface area (Å²) in [5, 5.41) is 4.08. The molecule has 0 atom stereocenters. The SMILES string of the molecule is CC(=O)[N-]c1c(C)c(C)c(C)c(C)c1C.[CH3-].[CH3-].[Ir+3]. The van der Waals surface area contributed by atoms with Gasteiger partial charge in [0.1, 0.15) is 0 Å². The molecule has 1 amide bonds. The maximum absolute atomic E-state index is 11.1. The van der Waals surface area contributed by atoms with E-state index in [1.165, 1.54) is 23.6 Å². The van der Waals surface area contributed by atoms with Gasteiger partial charge in [-0.15, -0.1) is 5.69 Å². The Balaban J connectivity index is -0.000000750. The predicted molar refractivity (Wildman–Crippen MR) is 76.7 cm³/mol. The summed E-state index contributed by atoms with van der Waals surface area (Å²) in [6.07, 6.45) is 0. The van der Waals surface area contributed by atoms with Crippen LogP contribution in [0.15, 0.2) is 0 Å². The Bertz CT molecular complexity index is 396. The van der Waals surface area contributed by atoms with Gasteiger partial charge in [-0.25, -0.2) is 0 Å². The third-order valence-corrected chi connectivity index (χ3v) is 3.23. The van der Waals surface area contributed by atoms with E-state index in [1.54, 1.807) is 0 Å². The van der Waals surface area contributed by atoms with Gasteiger partial charge in [0.25, 0.3) is 0 Å². The second-order valence-corrected chi connectivity index (χ2v) is 4.10. The molecule has 0 saturated heterocycles. The molecule has 0 saturated carbocycles. The van der Waals surface area contributed by atoms with Gasteiger partial charge in [0, 0.05) is 0 Å². The molecule has 0 aliphatic heterocycles. The first-order valence-corrected chi connectivity index (χ1v) is 5.15. The van der Waals surface area contributed by atoms with E-state index < -0.39 is 0 Å². The minimum absolute atomic E-state index is 0. The number of rotatable bonds is 1. The van der Waals surface area contributed by atoms with Gasteiger partial charge in [0.05, 0.1) is 5.91 Å². The van der Waals surface area contributed by atoms with Gasteiger partial charge in [-0.05, 0) is 58.2 Å². The Labute approximate surface area is 126 Å². The van der Waals surface area contributed by atoms with E-state index in [4.69, 9.17) is 0 Å². The molecular weight excluding hydrogens is 402 g/mol. The Morgan fingerprint density at radius 2 is 1.06 bits per heavy atom. The quantitative estimate of drug-likeness (QED) is 0.600. The van der Waals surface area contributed by atoms with Crippen LogP contribution in [-0.2, 0) is 24.9 Å². The minimum atomic E-state index is -0.135. The first-order valence-electron chi connectivity index (χ1n) is 5.15. The van der Waals surface area contributed by atoms with Gasteiger partial charge in [-0.1, -0.05) is 11.1 Å². The topological polar surface area (TPSA) is 31.2 Å². The number of hydrogen-bond acceptors (Lipinski definition) is 1. The van der Waals surface area contributed by atoms with Crippen LogP contribution in [-0.4, -0.2) is 5.91 Å². The number of carbonyl (C=O) groups is 1. The van der Waals surface area contributed by atoms with Crippen molar-refractivity contribution in [2.75, 3.05) is 0 Å². The van der Waals surface area contributed by atoms with Crippen molar-refractivity contribution < 1.29 is 24.9 Å². The van der Waals surface area contributed by atoms with Gasteiger partial charge < -0.3 is 25.0 Å². The van der Waals surface area contributed by atoms with E-state index >= 15 is 0 Å². The third kappa shape index (κ3) is 4.22. The van der Waals surface area contributed by atoms with E-state index in [0.717, 1.165) is 16.8 Å². The van der Waals surface area contributed by atoms with Crippen LogP contribution < -0.4 is 0 Å². The fourth-order valence-electron chi connectivity index (χ4n) is 1.81. The number of hydrogen-bond donors (Lipinski definition) is 0. The van der Waals surface area contributed by atoms with Crippen LogP contribution in [0.2, 0.25) is 0 Å². The largest absolute Gasteiger partial charge is 3.00 e. The van der Waals surface area contributed by atoms with Crippen molar-refractivity contribution in [2.45, 2.75) is 41.5 Å². The summed E-state index contributed by atoms with van der Waals surface area (Å²) >= 11 is 0. The first kappa shape index (κ1) is 22.5. The van der Waals surface area contributed by atoms with E-state index in [0.29, 0.717) is 0 Å². The zero-order valence-corrected chi connectivity index (χ0v) is 15.1. The molecule has 18 heavy (non-hydrogen) atoms. The van der Waals surface area contributed by atoms with Crippen LogP contribution in [0, 0.1) is 49.5 Å². The molecule has 1 rings (SSSR count). The average Bonchev–Trinajstić information content (AvgIpc) is 2.18. The molecule has 0 unspecified atom stereocenters. The molecule has 0 spiro atoms. The maximum atomic E-state index is 11.1. The Morgan fingerprint density at radius 1 is 0.778 bits per heavy atom. The molecule has 0 aliphatic rings. The van der Waals surface area contributed by atoms with Gasteiger partial charge in [-0.3, -0.25) is 0 Å². The molecule has 0 heterocycles. The molecule has 104 valence electrons. The monoisotopic (exact) mass is 427 g/mol. The van der Waals surface area contributed by atoms with Crippen molar-refractivity contribution in [2.24, 2.45) is 0 Å². The van der Waals surface area contributed by atoms with E-state index in [1.807, 2.05) is 13.8 Å². The zero-order valence-electron chi connectivity index (χ0n) is 12.7. The zero-order chi connectivity index (χ0) is 11.7. The van der Waals surface area contributed by atoms with E-state index in [-0.39, 0.29) is 40.9 Å². The van der Waals surface area contributed by atoms with Crippen LogP contribution in [0.1, 0.15) is 34.7 Å². The predicted octanol–water partition coefficient (Wildman–Crippen LogP) is 4.68. The molecule has 0 radical (unpaired) electrons. The molecular formula is C15H24IrNO. The summed E-state index contributed by atoms with van der Waals surface area (Å²) in [5.74, 6) is -0.135. The average molecular weight is 427 g/mol. The smallest absolute Gasteiger partial charge is 0.627 e. The van der Waals surface area contributed by atoms with Crippen molar-refractivity contribution in [3.63, 3.8) is 0 Å². The Morgan fingerprint density at radius 3 is 1.33 bits per heavy atom. The number of amides is 1. The summed E-state index contributed by atoms with van der Waals surface area (Å²) < 4.78 is 0. The fourth-order valence-corrected chi connectivity index (χ4v) is 1.81. The van der Waals surface area contributed by atoms with Gasteiger partial charge in [-0.2, -0.15) is 0 Å². The molecule has 0 N–H and O–H groups in total. The van der Waals surface area contributed by atoms with E-state index in [2.05, 4.69) is 26.1 Å². The molecule has 2 nitrogen and oxygen atoms in total. The van der Waals surface area contributed by atoms with Crippen molar-refractivity contribution in [3.05, 3.63) is 48.0 Å². The maximum Gasteiger partial charge on any atom is 3.00 e. The number of nitrogens with zero attached hydrogens (tertiary/aromatic N) is 1. The molecule has 0 aromatic heterocycles. The molecule has 3 heteroatoms. The summed E-state index contributed by atoms with van der Waals surface area (Å²) in [5.41, 5.74) is 6.85.